The topological polar surface area (TPSA) is 53.0 Å². The van der Waals surface area contributed by atoms with Gasteiger partial charge in [-0.3, -0.25) is 9.69 Å². The average Bonchev–Trinajstić information content (AvgIpc) is 2.72. The lowest BCUT2D eigenvalue weighted by Crippen LogP contribution is -2.34. The number of methoxy groups -OCH3 is 1. The van der Waals surface area contributed by atoms with Crippen molar-refractivity contribution in [2.24, 2.45) is 0 Å². The molecule has 1 unspecified atom stereocenters. The second-order valence-corrected chi connectivity index (χ2v) is 5.50. The molecular weight excluding hydrogens is 268 g/mol. The number of amides is 1. The van der Waals surface area contributed by atoms with Crippen molar-refractivity contribution >= 4 is 5.91 Å². The van der Waals surface area contributed by atoms with Crippen molar-refractivity contribution in [3.8, 4) is 11.5 Å². The van der Waals surface area contributed by atoms with E-state index in [0.29, 0.717) is 5.75 Å². The average molecular weight is 292 g/mol. The van der Waals surface area contributed by atoms with Crippen molar-refractivity contribution in [2.45, 2.75) is 26.3 Å². The highest BCUT2D eigenvalue weighted by molar-refractivity contribution is 5.73. The molecule has 5 nitrogen and oxygen atoms in total. The number of phenolic OH excluding ortho intramolecular Hbond substituents is 1. The predicted octanol–water partition coefficient (Wildman–Crippen LogP) is 2.02. The highest BCUT2D eigenvalue weighted by atomic mass is 16.5. The fraction of sp³-hybridized carbons (Fsp3) is 0.562. The Morgan fingerprint density at radius 1 is 1.29 bits per heavy atom. The number of benzene rings is 1. The molecule has 21 heavy (non-hydrogen) atoms. The van der Waals surface area contributed by atoms with Crippen molar-refractivity contribution in [2.75, 3.05) is 33.3 Å². The lowest BCUT2D eigenvalue weighted by molar-refractivity contribution is -0.128. The Morgan fingerprint density at radius 3 is 2.67 bits per heavy atom. The molecule has 0 spiro atoms. The first kappa shape index (κ1) is 15.6. The van der Waals surface area contributed by atoms with Gasteiger partial charge in [-0.15, -0.1) is 0 Å². The van der Waals surface area contributed by atoms with Crippen molar-refractivity contribution < 1.29 is 14.6 Å². The molecule has 1 N–H and O–H groups in total. The minimum atomic E-state index is 0.114. The van der Waals surface area contributed by atoms with E-state index in [2.05, 4.69) is 11.8 Å². The van der Waals surface area contributed by atoms with Crippen LogP contribution in [0.2, 0.25) is 0 Å². The van der Waals surface area contributed by atoms with E-state index in [1.54, 1.807) is 20.1 Å². The Balaban J connectivity index is 2.09. The standard InChI is InChI=1S/C16H24N2O3/c1-12(15-6-5-14(21-3)11-16(15)20)17-7-4-8-18(10-9-17)13(2)19/h5-6,11-12,20H,4,7-10H2,1-3H3. The highest BCUT2D eigenvalue weighted by Crippen LogP contribution is 2.31. The van der Waals surface area contributed by atoms with Gasteiger partial charge >= 0.3 is 0 Å². The quantitative estimate of drug-likeness (QED) is 0.926. The molecule has 0 saturated carbocycles. The maximum absolute atomic E-state index is 11.5. The van der Waals surface area contributed by atoms with Gasteiger partial charge in [0.25, 0.3) is 0 Å². The lowest BCUT2D eigenvalue weighted by atomic mass is 10.1. The molecule has 2 rings (SSSR count). The number of carbonyl (C=O) groups is 1. The summed E-state index contributed by atoms with van der Waals surface area (Å²) in [6.45, 7) is 7.02. The number of carbonyl (C=O) groups excluding carboxylic acids is 1. The molecule has 1 atom stereocenters. The first-order valence-corrected chi connectivity index (χ1v) is 7.39. The number of ether oxygens (including phenoxy) is 1. The molecule has 1 aromatic rings. The van der Waals surface area contributed by atoms with Crippen LogP contribution in [0.3, 0.4) is 0 Å². The SMILES string of the molecule is COc1ccc(C(C)N2CCCN(C(C)=O)CC2)c(O)c1. The number of hydrogen-bond acceptors (Lipinski definition) is 4. The molecule has 1 saturated heterocycles. The zero-order chi connectivity index (χ0) is 15.4. The van der Waals surface area contributed by atoms with Crippen LogP contribution in [0.4, 0.5) is 0 Å². The third-order valence-corrected chi connectivity index (χ3v) is 4.21. The summed E-state index contributed by atoms with van der Waals surface area (Å²) in [6.07, 6.45) is 0.959. The molecule has 0 bridgehead atoms. The van der Waals surface area contributed by atoms with E-state index < -0.39 is 0 Å². The maximum atomic E-state index is 11.5. The van der Waals surface area contributed by atoms with Gasteiger partial charge < -0.3 is 14.7 Å². The van der Waals surface area contributed by atoms with E-state index in [0.717, 1.165) is 38.2 Å². The Hall–Kier alpha value is -1.75. The minimum absolute atomic E-state index is 0.114. The van der Waals surface area contributed by atoms with E-state index in [1.807, 2.05) is 17.0 Å². The molecule has 5 heteroatoms. The predicted molar refractivity (Wildman–Crippen MR) is 81.5 cm³/mol. The van der Waals surface area contributed by atoms with Crippen LogP contribution in [0, 0.1) is 0 Å². The van der Waals surface area contributed by atoms with Gasteiger partial charge in [-0.1, -0.05) is 6.07 Å². The van der Waals surface area contributed by atoms with Gasteiger partial charge in [-0.2, -0.15) is 0 Å². The molecule has 0 aliphatic carbocycles. The monoisotopic (exact) mass is 292 g/mol. The van der Waals surface area contributed by atoms with Crippen LogP contribution in [0.15, 0.2) is 18.2 Å². The summed E-state index contributed by atoms with van der Waals surface area (Å²) >= 11 is 0. The van der Waals surface area contributed by atoms with Gasteiger partial charge in [-0.05, 0) is 19.4 Å². The number of nitrogens with zero attached hydrogens (tertiary/aromatic N) is 2. The van der Waals surface area contributed by atoms with Crippen LogP contribution >= 0.6 is 0 Å². The van der Waals surface area contributed by atoms with E-state index in [4.69, 9.17) is 4.74 Å². The molecule has 1 fully saturated rings. The Kier molecular flexibility index (Phi) is 5.07. The van der Waals surface area contributed by atoms with Crippen molar-refractivity contribution in [3.63, 3.8) is 0 Å². The van der Waals surface area contributed by atoms with E-state index in [9.17, 15) is 9.90 Å². The summed E-state index contributed by atoms with van der Waals surface area (Å²) in [5.74, 6) is 1.05. The molecule has 1 heterocycles. The second kappa shape index (κ2) is 6.80. The number of rotatable bonds is 3. The van der Waals surface area contributed by atoms with Crippen LogP contribution < -0.4 is 4.74 Å². The van der Waals surface area contributed by atoms with Crippen molar-refractivity contribution in [1.29, 1.82) is 0 Å². The van der Waals surface area contributed by atoms with Crippen LogP contribution in [0.5, 0.6) is 11.5 Å². The van der Waals surface area contributed by atoms with Crippen LogP contribution in [0.25, 0.3) is 0 Å². The first-order chi connectivity index (χ1) is 10.0. The van der Waals surface area contributed by atoms with Crippen LogP contribution in [-0.4, -0.2) is 54.1 Å². The van der Waals surface area contributed by atoms with E-state index in [-0.39, 0.29) is 17.7 Å². The van der Waals surface area contributed by atoms with Crippen molar-refractivity contribution in [3.05, 3.63) is 23.8 Å². The normalized spacial score (nSPS) is 18.1. The molecular formula is C16H24N2O3. The largest absolute Gasteiger partial charge is 0.507 e. The molecule has 116 valence electrons. The van der Waals surface area contributed by atoms with E-state index in [1.165, 1.54) is 0 Å². The third-order valence-electron chi connectivity index (χ3n) is 4.21. The van der Waals surface area contributed by atoms with Gasteiger partial charge in [0.1, 0.15) is 11.5 Å². The van der Waals surface area contributed by atoms with Gasteiger partial charge in [0, 0.05) is 50.8 Å². The lowest BCUT2D eigenvalue weighted by Gasteiger charge is -2.28. The summed E-state index contributed by atoms with van der Waals surface area (Å²) in [6, 6.07) is 5.53. The summed E-state index contributed by atoms with van der Waals surface area (Å²) in [7, 11) is 1.59. The van der Waals surface area contributed by atoms with E-state index >= 15 is 0 Å². The van der Waals surface area contributed by atoms with Crippen LogP contribution in [0.1, 0.15) is 31.9 Å². The molecule has 1 aliphatic heterocycles. The van der Waals surface area contributed by atoms with Crippen LogP contribution in [-0.2, 0) is 4.79 Å². The fourth-order valence-electron chi connectivity index (χ4n) is 2.84. The van der Waals surface area contributed by atoms with Gasteiger partial charge in [0.05, 0.1) is 7.11 Å². The number of hydrogen-bond donors (Lipinski definition) is 1. The summed E-state index contributed by atoms with van der Waals surface area (Å²) in [5.41, 5.74) is 0.895. The Bertz CT molecular complexity index is 504. The van der Waals surface area contributed by atoms with Crippen molar-refractivity contribution in [1.82, 2.24) is 9.80 Å². The molecule has 0 radical (unpaired) electrons. The molecule has 1 aromatic carbocycles. The summed E-state index contributed by atoms with van der Waals surface area (Å²) in [4.78, 5) is 15.7. The maximum Gasteiger partial charge on any atom is 0.219 e. The van der Waals surface area contributed by atoms with Gasteiger partial charge in [0.2, 0.25) is 5.91 Å². The fourth-order valence-corrected chi connectivity index (χ4v) is 2.84. The second-order valence-electron chi connectivity index (χ2n) is 5.50. The summed E-state index contributed by atoms with van der Waals surface area (Å²) < 4.78 is 5.12. The number of aromatic hydroxyl groups is 1. The zero-order valence-corrected chi connectivity index (χ0v) is 13.0. The molecule has 1 amide bonds. The molecule has 1 aliphatic rings. The summed E-state index contributed by atoms with van der Waals surface area (Å²) in [5, 5.41) is 10.2. The Labute approximate surface area is 126 Å². The zero-order valence-electron chi connectivity index (χ0n) is 13.0. The molecule has 0 aromatic heterocycles. The number of phenols is 1. The van der Waals surface area contributed by atoms with Gasteiger partial charge in [-0.25, -0.2) is 0 Å². The smallest absolute Gasteiger partial charge is 0.219 e. The first-order valence-electron chi connectivity index (χ1n) is 7.39. The van der Waals surface area contributed by atoms with Gasteiger partial charge in [0.15, 0.2) is 0 Å². The Morgan fingerprint density at radius 2 is 2.05 bits per heavy atom. The minimum Gasteiger partial charge on any atom is -0.507 e. The highest BCUT2D eigenvalue weighted by Gasteiger charge is 2.23. The third kappa shape index (κ3) is 3.67.